The van der Waals surface area contributed by atoms with Gasteiger partial charge in [0, 0.05) is 21.8 Å². The number of rotatable bonds is 2. The molecule has 1 aromatic rings. The number of aromatic amines is 1. The average Bonchev–Trinajstić information content (AvgIpc) is 2.06. The van der Waals surface area contributed by atoms with Gasteiger partial charge in [0.15, 0.2) is 5.03 Å². The van der Waals surface area contributed by atoms with E-state index in [1.165, 1.54) is 6.92 Å². The van der Waals surface area contributed by atoms with Gasteiger partial charge < -0.3 is 4.98 Å². The first-order chi connectivity index (χ1) is 6.73. The maximum absolute atomic E-state index is 12.4. The molecule has 0 aliphatic rings. The Kier molecular flexibility index (Phi) is 3.15. The van der Waals surface area contributed by atoms with Gasteiger partial charge in [-0.3, -0.25) is 4.79 Å². The van der Waals surface area contributed by atoms with E-state index in [1.807, 2.05) is 4.98 Å². The third kappa shape index (κ3) is 2.54. The lowest BCUT2D eigenvalue weighted by Gasteiger charge is -2.05. The third-order valence-corrected chi connectivity index (χ3v) is 3.04. The highest BCUT2D eigenvalue weighted by atomic mass is 35.7. The summed E-state index contributed by atoms with van der Waals surface area (Å²) in [5.74, 6) is 0. The zero-order valence-corrected chi connectivity index (χ0v) is 8.99. The van der Waals surface area contributed by atoms with E-state index in [0.717, 1.165) is 0 Å². The molecule has 0 atom stereocenters. The van der Waals surface area contributed by atoms with Crippen LogP contribution in [0.1, 0.15) is 17.6 Å². The lowest BCUT2D eigenvalue weighted by Crippen LogP contribution is -2.16. The predicted molar refractivity (Wildman–Crippen MR) is 49.8 cm³/mol. The number of aromatic nitrogens is 1. The van der Waals surface area contributed by atoms with Crippen molar-refractivity contribution in [2.24, 2.45) is 0 Å². The topological polar surface area (TPSA) is 67.0 Å². The van der Waals surface area contributed by atoms with Crippen LogP contribution in [0, 0.1) is 6.92 Å². The van der Waals surface area contributed by atoms with Gasteiger partial charge in [-0.15, -0.1) is 0 Å². The molecule has 0 saturated carbocycles. The van der Waals surface area contributed by atoms with Crippen molar-refractivity contribution >= 4 is 19.7 Å². The molecule has 8 heteroatoms. The number of pyridine rings is 1. The summed E-state index contributed by atoms with van der Waals surface area (Å²) >= 11 is 0. The molecule has 0 spiro atoms. The smallest absolute Gasteiger partial charge is 0.276 e. The summed E-state index contributed by atoms with van der Waals surface area (Å²) < 4.78 is 46.4. The lowest BCUT2D eigenvalue weighted by molar-refractivity contribution is 0.150. The van der Waals surface area contributed by atoms with E-state index in [4.69, 9.17) is 10.7 Å². The Morgan fingerprint density at radius 1 is 1.47 bits per heavy atom. The summed E-state index contributed by atoms with van der Waals surface area (Å²) in [5, 5.41) is -0.727. The number of H-pyrrole nitrogens is 1. The van der Waals surface area contributed by atoms with Gasteiger partial charge in [0.25, 0.3) is 21.0 Å². The largest absolute Gasteiger partial charge is 0.312 e. The molecule has 4 nitrogen and oxygen atoms in total. The number of hydrogen-bond acceptors (Lipinski definition) is 3. The van der Waals surface area contributed by atoms with Crippen molar-refractivity contribution in [1.29, 1.82) is 0 Å². The maximum atomic E-state index is 12.4. The lowest BCUT2D eigenvalue weighted by atomic mass is 10.2. The zero-order chi connectivity index (χ0) is 11.8. The van der Waals surface area contributed by atoms with Crippen LogP contribution >= 0.6 is 10.7 Å². The van der Waals surface area contributed by atoms with Gasteiger partial charge in [0.2, 0.25) is 0 Å². The van der Waals surface area contributed by atoms with Crippen LogP contribution in [0.5, 0.6) is 0 Å². The minimum Gasteiger partial charge on any atom is -0.312 e. The molecule has 0 aliphatic heterocycles. The van der Waals surface area contributed by atoms with Gasteiger partial charge >= 0.3 is 0 Å². The molecule has 1 rings (SSSR count). The zero-order valence-electron chi connectivity index (χ0n) is 7.42. The average molecular weight is 258 g/mol. The van der Waals surface area contributed by atoms with E-state index in [0.29, 0.717) is 6.07 Å². The van der Waals surface area contributed by atoms with Crippen LogP contribution in [0.3, 0.4) is 0 Å². The van der Waals surface area contributed by atoms with Crippen LogP contribution in [-0.2, 0) is 9.05 Å². The first-order valence-corrected chi connectivity index (χ1v) is 6.01. The third-order valence-electron chi connectivity index (χ3n) is 1.79. The Balaban J connectivity index is 3.58. The molecule has 1 aromatic heterocycles. The molecule has 0 amide bonds. The van der Waals surface area contributed by atoms with Gasteiger partial charge in [0.05, 0.1) is 0 Å². The Bertz CT molecular complexity index is 538. The molecule has 15 heavy (non-hydrogen) atoms. The van der Waals surface area contributed by atoms with Crippen molar-refractivity contribution in [3.8, 4) is 0 Å². The van der Waals surface area contributed by atoms with E-state index in [9.17, 15) is 22.0 Å². The van der Waals surface area contributed by atoms with E-state index in [1.54, 1.807) is 0 Å². The molecule has 84 valence electrons. The first-order valence-electron chi connectivity index (χ1n) is 3.70. The van der Waals surface area contributed by atoms with Crippen LogP contribution in [0.15, 0.2) is 15.9 Å². The van der Waals surface area contributed by atoms with Gasteiger partial charge in [-0.2, -0.15) is 0 Å². The molecule has 0 aromatic carbocycles. The Hall–Kier alpha value is -0.950. The molecule has 0 bridgehead atoms. The van der Waals surface area contributed by atoms with Gasteiger partial charge in [-0.25, -0.2) is 17.2 Å². The monoisotopic (exact) mass is 257 g/mol. The second-order valence-electron chi connectivity index (χ2n) is 2.78. The van der Waals surface area contributed by atoms with Crippen LogP contribution in [0.4, 0.5) is 8.78 Å². The van der Waals surface area contributed by atoms with Gasteiger partial charge in [0.1, 0.15) is 0 Å². The highest BCUT2D eigenvalue weighted by Crippen LogP contribution is 2.23. The van der Waals surface area contributed by atoms with E-state index >= 15 is 0 Å². The molecule has 0 fully saturated rings. The minimum absolute atomic E-state index is 0.228. The van der Waals surface area contributed by atoms with Crippen LogP contribution in [-0.4, -0.2) is 13.4 Å². The van der Waals surface area contributed by atoms with E-state index < -0.39 is 31.6 Å². The second-order valence-corrected chi connectivity index (χ2v) is 5.32. The molecule has 0 aliphatic carbocycles. The predicted octanol–water partition coefficient (Wildman–Crippen LogP) is 1.55. The minimum atomic E-state index is -4.21. The standard InChI is InChI=1S/C7H6ClF2NO3S/c1-3-4(6(9)10)2-5(11-7(3)12)15(8,13)14/h2,6H,1H3,(H,11,12). The number of nitrogens with one attached hydrogen (secondary N) is 1. The summed E-state index contributed by atoms with van der Waals surface area (Å²) in [6, 6.07) is 0.656. The number of hydrogen-bond donors (Lipinski definition) is 1. The van der Waals surface area contributed by atoms with E-state index in [2.05, 4.69) is 0 Å². The van der Waals surface area contributed by atoms with Crippen LogP contribution in [0.2, 0.25) is 0 Å². The normalized spacial score (nSPS) is 12.1. The fourth-order valence-electron chi connectivity index (χ4n) is 0.980. The Morgan fingerprint density at radius 3 is 2.40 bits per heavy atom. The van der Waals surface area contributed by atoms with Crippen molar-refractivity contribution in [2.45, 2.75) is 18.4 Å². The molecule has 0 saturated heterocycles. The Morgan fingerprint density at radius 2 is 2.00 bits per heavy atom. The molecule has 1 heterocycles. The van der Waals surface area contributed by atoms with Gasteiger partial charge in [-0.1, -0.05) is 0 Å². The van der Waals surface area contributed by atoms with Crippen molar-refractivity contribution in [3.63, 3.8) is 0 Å². The second kappa shape index (κ2) is 3.90. The van der Waals surface area contributed by atoms with Crippen LogP contribution in [0.25, 0.3) is 0 Å². The molecule has 1 N–H and O–H groups in total. The highest BCUT2D eigenvalue weighted by molar-refractivity contribution is 8.13. The van der Waals surface area contributed by atoms with E-state index in [-0.39, 0.29) is 5.56 Å². The fourth-order valence-corrected chi connectivity index (χ4v) is 1.71. The number of halogens is 3. The fraction of sp³-hybridized carbons (Fsp3) is 0.286. The summed E-state index contributed by atoms with van der Waals surface area (Å²) in [6.45, 7) is 1.17. The molecular weight excluding hydrogens is 252 g/mol. The van der Waals surface area contributed by atoms with Gasteiger partial charge in [-0.05, 0) is 13.0 Å². The van der Waals surface area contributed by atoms with Crippen molar-refractivity contribution in [1.82, 2.24) is 4.98 Å². The Labute approximate surface area is 88.3 Å². The summed E-state index contributed by atoms with van der Waals surface area (Å²) in [7, 11) is 0.702. The SMILES string of the molecule is Cc1c(C(F)F)cc(S(=O)(=O)Cl)[nH]c1=O. The van der Waals surface area contributed by atoms with Crippen LogP contribution < -0.4 is 5.56 Å². The summed E-state index contributed by atoms with van der Waals surface area (Å²) in [6.07, 6.45) is -2.93. The van der Waals surface area contributed by atoms with Crippen molar-refractivity contribution < 1.29 is 17.2 Å². The van der Waals surface area contributed by atoms with Crippen molar-refractivity contribution in [3.05, 3.63) is 27.5 Å². The van der Waals surface area contributed by atoms with Crippen molar-refractivity contribution in [2.75, 3.05) is 0 Å². The molecule has 0 unspecified atom stereocenters. The maximum Gasteiger partial charge on any atom is 0.276 e. The summed E-state index contributed by atoms with van der Waals surface area (Å²) in [4.78, 5) is 13.0. The highest BCUT2D eigenvalue weighted by Gasteiger charge is 2.19. The molecular formula is C7H6ClF2NO3S. The first kappa shape index (κ1) is 12.1. The molecule has 0 radical (unpaired) electrons. The number of alkyl halides is 2. The quantitative estimate of drug-likeness (QED) is 0.818. The summed E-state index contributed by atoms with van der Waals surface area (Å²) in [5.41, 5.74) is -1.76.